The lowest BCUT2D eigenvalue weighted by atomic mass is 10.2. The number of alkyl halides is 2. The van der Waals surface area contributed by atoms with E-state index < -0.39 is 12.0 Å². The summed E-state index contributed by atoms with van der Waals surface area (Å²) in [5, 5.41) is -0.259. The van der Waals surface area contributed by atoms with E-state index in [2.05, 4.69) is 4.98 Å². The summed E-state index contributed by atoms with van der Waals surface area (Å²) in [6.45, 7) is 0. The van der Waals surface area contributed by atoms with Crippen LogP contribution in [0, 0.1) is 3.70 Å². The minimum atomic E-state index is -2.71. The Morgan fingerprint density at radius 2 is 2.23 bits per heavy atom. The lowest BCUT2D eigenvalue weighted by molar-refractivity contribution is 0.112. The molecule has 1 aromatic rings. The van der Waals surface area contributed by atoms with Crippen molar-refractivity contribution in [1.29, 1.82) is 0 Å². The normalized spacial score (nSPS) is 10.5. The van der Waals surface area contributed by atoms with Crippen molar-refractivity contribution < 1.29 is 13.6 Å². The largest absolute Gasteiger partial charge is 0.298 e. The molecular formula is C7H3ClF2INO. The van der Waals surface area contributed by atoms with Gasteiger partial charge in [-0.15, -0.1) is 0 Å². The van der Waals surface area contributed by atoms with Gasteiger partial charge in [0.2, 0.25) is 0 Å². The molecule has 0 N–H and O–H groups in total. The van der Waals surface area contributed by atoms with Crippen molar-refractivity contribution in [2.75, 3.05) is 0 Å². The van der Waals surface area contributed by atoms with Crippen molar-refractivity contribution in [1.82, 2.24) is 4.98 Å². The second kappa shape index (κ2) is 4.28. The predicted octanol–water partition coefficient (Wildman–Crippen LogP) is 3.09. The first-order valence-electron chi connectivity index (χ1n) is 3.15. The van der Waals surface area contributed by atoms with Gasteiger partial charge in [0.15, 0.2) is 6.29 Å². The lowest BCUT2D eigenvalue weighted by Gasteiger charge is -2.03. The van der Waals surface area contributed by atoms with Gasteiger partial charge in [-0.2, -0.15) is 0 Å². The average molecular weight is 317 g/mol. The highest BCUT2D eigenvalue weighted by atomic mass is 127. The van der Waals surface area contributed by atoms with Crippen LogP contribution in [0.4, 0.5) is 8.78 Å². The first-order valence-corrected chi connectivity index (χ1v) is 4.61. The number of nitrogens with zero attached hydrogens (tertiary/aromatic N) is 1. The second-order valence-electron chi connectivity index (χ2n) is 2.17. The summed E-state index contributed by atoms with van der Waals surface area (Å²) in [4.78, 5) is 14.0. The van der Waals surface area contributed by atoms with Crippen LogP contribution < -0.4 is 0 Å². The molecule has 13 heavy (non-hydrogen) atoms. The molecule has 6 heteroatoms. The van der Waals surface area contributed by atoms with E-state index in [0.717, 1.165) is 6.07 Å². The molecule has 70 valence electrons. The average Bonchev–Trinajstić information content (AvgIpc) is 2.03. The first-order chi connectivity index (χ1) is 6.06. The SMILES string of the molecule is O=Cc1cc(C(F)F)c(Cl)nc1I. The van der Waals surface area contributed by atoms with Gasteiger partial charge in [-0.05, 0) is 28.7 Å². The van der Waals surface area contributed by atoms with E-state index >= 15 is 0 Å². The molecule has 0 unspecified atom stereocenters. The monoisotopic (exact) mass is 317 g/mol. The van der Waals surface area contributed by atoms with Crippen LogP contribution in [0.15, 0.2) is 6.07 Å². The highest BCUT2D eigenvalue weighted by molar-refractivity contribution is 14.1. The fraction of sp³-hybridized carbons (Fsp3) is 0.143. The fourth-order valence-electron chi connectivity index (χ4n) is 0.738. The van der Waals surface area contributed by atoms with Crippen molar-refractivity contribution in [3.8, 4) is 0 Å². The quantitative estimate of drug-likeness (QED) is 0.477. The number of aldehydes is 1. The summed E-state index contributed by atoms with van der Waals surface area (Å²) >= 11 is 7.20. The molecule has 0 saturated heterocycles. The van der Waals surface area contributed by atoms with Crippen LogP contribution in [0.1, 0.15) is 22.3 Å². The smallest absolute Gasteiger partial charge is 0.266 e. The van der Waals surface area contributed by atoms with Gasteiger partial charge in [0.1, 0.15) is 8.85 Å². The highest BCUT2D eigenvalue weighted by Crippen LogP contribution is 2.27. The Morgan fingerprint density at radius 1 is 1.62 bits per heavy atom. The van der Waals surface area contributed by atoms with Gasteiger partial charge in [-0.25, -0.2) is 13.8 Å². The molecule has 0 aliphatic rings. The van der Waals surface area contributed by atoms with Crippen LogP contribution in [0.25, 0.3) is 0 Å². The zero-order valence-corrected chi connectivity index (χ0v) is 9.01. The van der Waals surface area contributed by atoms with E-state index in [1.54, 1.807) is 22.6 Å². The molecule has 0 aliphatic carbocycles. The van der Waals surface area contributed by atoms with Gasteiger partial charge in [0, 0.05) is 5.56 Å². The summed E-state index contributed by atoms with van der Waals surface area (Å²) in [7, 11) is 0. The Hall–Kier alpha value is -0.300. The van der Waals surface area contributed by atoms with Crippen LogP contribution in [-0.4, -0.2) is 11.3 Å². The van der Waals surface area contributed by atoms with Crippen LogP contribution in [0.3, 0.4) is 0 Å². The maximum Gasteiger partial charge on any atom is 0.266 e. The minimum Gasteiger partial charge on any atom is -0.298 e. The number of halogens is 4. The number of rotatable bonds is 2. The third-order valence-corrected chi connectivity index (χ3v) is 2.51. The Bertz CT molecular complexity index is 346. The van der Waals surface area contributed by atoms with Crippen molar-refractivity contribution in [2.24, 2.45) is 0 Å². The van der Waals surface area contributed by atoms with Crippen molar-refractivity contribution in [2.45, 2.75) is 6.43 Å². The number of aromatic nitrogens is 1. The van der Waals surface area contributed by atoms with Gasteiger partial charge in [-0.1, -0.05) is 11.6 Å². The molecule has 1 heterocycles. The Kier molecular flexibility index (Phi) is 3.55. The molecule has 0 saturated carbocycles. The number of pyridine rings is 1. The summed E-state index contributed by atoms with van der Waals surface area (Å²) in [6.07, 6.45) is -2.24. The van der Waals surface area contributed by atoms with Gasteiger partial charge >= 0.3 is 0 Å². The van der Waals surface area contributed by atoms with Gasteiger partial charge in [-0.3, -0.25) is 4.79 Å². The summed E-state index contributed by atoms with van der Waals surface area (Å²) < 4.78 is 24.8. The van der Waals surface area contributed by atoms with E-state index in [9.17, 15) is 13.6 Å². The zero-order chi connectivity index (χ0) is 10.0. The van der Waals surface area contributed by atoms with Crippen LogP contribution in [-0.2, 0) is 0 Å². The summed E-state index contributed by atoms with van der Waals surface area (Å²) in [5.74, 6) is 0. The third-order valence-electron chi connectivity index (χ3n) is 1.35. The van der Waals surface area contributed by atoms with Crippen LogP contribution in [0.2, 0.25) is 5.15 Å². The standard InChI is InChI=1S/C7H3ClF2INO/c8-5-4(6(9)10)1-3(2-13)7(11)12-5/h1-2,6H. The maximum absolute atomic E-state index is 12.2. The number of carbonyl (C=O) groups excluding carboxylic acids is 1. The summed E-state index contributed by atoms with van der Waals surface area (Å²) in [5.41, 5.74) is -0.288. The van der Waals surface area contributed by atoms with E-state index in [-0.39, 0.29) is 10.7 Å². The van der Waals surface area contributed by atoms with Crippen molar-refractivity contribution in [3.63, 3.8) is 0 Å². The zero-order valence-electron chi connectivity index (χ0n) is 6.10. The number of hydrogen-bond donors (Lipinski definition) is 0. The Labute approximate surface area is 91.4 Å². The molecule has 0 spiro atoms. The molecule has 1 rings (SSSR count). The van der Waals surface area contributed by atoms with Gasteiger partial charge < -0.3 is 0 Å². The van der Waals surface area contributed by atoms with Gasteiger partial charge in [0.25, 0.3) is 6.43 Å². The fourth-order valence-corrected chi connectivity index (χ4v) is 1.63. The summed E-state index contributed by atoms with van der Waals surface area (Å²) in [6, 6.07) is 1.05. The van der Waals surface area contributed by atoms with Gasteiger partial charge in [0.05, 0.1) is 5.56 Å². The molecule has 0 aromatic carbocycles. The molecule has 0 bridgehead atoms. The lowest BCUT2D eigenvalue weighted by Crippen LogP contribution is -1.97. The van der Waals surface area contributed by atoms with Crippen molar-refractivity contribution in [3.05, 3.63) is 26.0 Å². The molecule has 0 amide bonds. The highest BCUT2D eigenvalue weighted by Gasteiger charge is 2.15. The molecule has 2 nitrogen and oxygen atoms in total. The Morgan fingerprint density at radius 3 is 2.69 bits per heavy atom. The predicted molar refractivity (Wildman–Crippen MR) is 52.3 cm³/mol. The minimum absolute atomic E-state index is 0.125. The first kappa shape index (κ1) is 10.8. The van der Waals surface area contributed by atoms with E-state index in [1.807, 2.05) is 0 Å². The van der Waals surface area contributed by atoms with E-state index in [4.69, 9.17) is 11.6 Å². The second-order valence-corrected chi connectivity index (χ2v) is 3.55. The number of carbonyl (C=O) groups is 1. The molecular weight excluding hydrogens is 314 g/mol. The topological polar surface area (TPSA) is 30.0 Å². The van der Waals surface area contributed by atoms with Crippen LogP contribution >= 0.6 is 34.2 Å². The maximum atomic E-state index is 12.2. The van der Waals surface area contributed by atoms with Crippen LogP contribution in [0.5, 0.6) is 0 Å². The number of hydrogen-bond acceptors (Lipinski definition) is 2. The molecule has 0 radical (unpaired) electrons. The molecule has 0 fully saturated rings. The van der Waals surface area contributed by atoms with E-state index in [1.165, 1.54) is 0 Å². The Balaban J connectivity index is 3.30. The molecule has 0 aliphatic heterocycles. The van der Waals surface area contributed by atoms with Crippen molar-refractivity contribution >= 4 is 40.5 Å². The third kappa shape index (κ3) is 2.34. The van der Waals surface area contributed by atoms with E-state index in [0.29, 0.717) is 9.99 Å². The molecule has 0 atom stereocenters. The molecule has 1 aromatic heterocycles.